The lowest BCUT2D eigenvalue weighted by atomic mass is 10.0. The summed E-state index contributed by atoms with van der Waals surface area (Å²) in [6.07, 6.45) is 3.76. The van der Waals surface area contributed by atoms with Crippen LogP contribution in [0.2, 0.25) is 5.02 Å². The van der Waals surface area contributed by atoms with Crippen molar-refractivity contribution < 1.29 is 0 Å². The van der Waals surface area contributed by atoms with Gasteiger partial charge in [-0.2, -0.15) is 0 Å². The summed E-state index contributed by atoms with van der Waals surface area (Å²) in [4.78, 5) is 4.39. The minimum Gasteiger partial charge on any atom is -0.336 e. The van der Waals surface area contributed by atoms with E-state index in [4.69, 9.17) is 11.6 Å². The molecule has 1 N–H and O–H groups in total. The first-order valence-electron chi connectivity index (χ1n) is 5.54. The number of halogens is 1. The van der Waals surface area contributed by atoms with Gasteiger partial charge in [0.1, 0.15) is 5.82 Å². The summed E-state index contributed by atoms with van der Waals surface area (Å²) in [5.74, 6) is 0.998. The van der Waals surface area contributed by atoms with Gasteiger partial charge in [-0.3, -0.25) is 0 Å². The molecule has 0 saturated carbocycles. The van der Waals surface area contributed by atoms with Gasteiger partial charge >= 0.3 is 0 Å². The SMILES string of the molecule is CNC(c1ccc(Cl)cc1C)c1nccn1C. The third kappa shape index (κ3) is 2.35. The molecule has 2 aromatic rings. The van der Waals surface area contributed by atoms with Crippen LogP contribution in [0.5, 0.6) is 0 Å². The number of benzene rings is 1. The summed E-state index contributed by atoms with van der Waals surface area (Å²) in [6, 6.07) is 6.03. The van der Waals surface area contributed by atoms with Crippen molar-refractivity contribution in [1.82, 2.24) is 14.9 Å². The number of aromatic nitrogens is 2. The Hall–Kier alpha value is -1.32. The number of imidazole rings is 1. The van der Waals surface area contributed by atoms with E-state index < -0.39 is 0 Å². The summed E-state index contributed by atoms with van der Waals surface area (Å²) in [5, 5.41) is 4.06. The molecule has 0 aliphatic carbocycles. The average Bonchev–Trinajstić information content (AvgIpc) is 2.69. The average molecular weight is 250 g/mol. The Kier molecular flexibility index (Phi) is 3.50. The molecule has 1 atom stereocenters. The van der Waals surface area contributed by atoms with Crippen molar-refractivity contribution in [1.29, 1.82) is 0 Å². The first kappa shape index (κ1) is 12.1. The number of hydrogen-bond donors (Lipinski definition) is 1. The van der Waals surface area contributed by atoms with Crippen molar-refractivity contribution >= 4 is 11.6 Å². The highest BCUT2D eigenvalue weighted by molar-refractivity contribution is 6.30. The molecule has 90 valence electrons. The summed E-state index contributed by atoms with van der Waals surface area (Å²) in [5.41, 5.74) is 2.37. The van der Waals surface area contributed by atoms with Crippen molar-refractivity contribution in [2.45, 2.75) is 13.0 Å². The van der Waals surface area contributed by atoms with Crippen LogP contribution in [0.1, 0.15) is 23.0 Å². The molecule has 2 rings (SSSR count). The van der Waals surface area contributed by atoms with Gasteiger partial charge in [-0.05, 0) is 37.2 Å². The Bertz CT molecular complexity index is 519. The predicted molar refractivity (Wildman–Crippen MR) is 70.3 cm³/mol. The number of rotatable bonds is 3. The Morgan fingerprint density at radius 1 is 1.41 bits per heavy atom. The van der Waals surface area contributed by atoms with Crippen LogP contribution < -0.4 is 5.32 Å². The number of aryl methyl sites for hydroxylation is 2. The molecule has 0 amide bonds. The van der Waals surface area contributed by atoms with Gasteiger partial charge in [-0.25, -0.2) is 4.98 Å². The van der Waals surface area contributed by atoms with E-state index in [1.165, 1.54) is 11.1 Å². The lowest BCUT2D eigenvalue weighted by Crippen LogP contribution is -2.22. The molecule has 1 aromatic heterocycles. The molecular formula is C13H16ClN3. The number of hydrogen-bond acceptors (Lipinski definition) is 2. The van der Waals surface area contributed by atoms with Crippen LogP contribution in [0.4, 0.5) is 0 Å². The third-order valence-electron chi connectivity index (χ3n) is 2.95. The van der Waals surface area contributed by atoms with Crippen molar-refractivity contribution in [2.75, 3.05) is 7.05 Å². The maximum absolute atomic E-state index is 5.98. The van der Waals surface area contributed by atoms with E-state index in [0.717, 1.165) is 10.8 Å². The highest BCUT2D eigenvalue weighted by atomic mass is 35.5. The lowest BCUT2D eigenvalue weighted by molar-refractivity contribution is 0.614. The molecule has 0 aliphatic rings. The van der Waals surface area contributed by atoms with Gasteiger partial charge in [-0.15, -0.1) is 0 Å². The molecule has 0 spiro atoms. The summed E-state index contributed by atoms with van der Waals surface area (Å²) in [6.45, 7) is 2.06. The standard InChI is InChI=1S/C13H16ClN3/c1-9-8-10(14)4-5-11(9)12(15-2)13-16-6-7-17(13)3/h4-8,12,15H,1-3H3. The second kappa shape index (κ2) is 4.90. The fourth-order valence-corrected chi connectivity index (χ4v) is 2.27. The van der Waals surface area contributed by atoms with Crippen LogP contribution in [0.3, 0.4) is 0 Å². The molecule has 0 radical (unpaired) electrons. The number of nitrogens with one attached hydrogen (secondary N) is 1. The summed E-state index contributed by atoms with van der Waals surface area (Å²) in [7, 11) is 3.94. The highest BCUT2D eigenvalue weighted by Crippen LogP contribution is 2.25. The van der Waals surface area contributed by atoms with Gasteiger partial charge in [0.25, 0.3) is 0 Å². The topological polar surface area (TPSA) is 29.9 Å². The van der Waals surface area contributed by atoms with E-state index in [2.05, 4.69) is 17.2 Å². The first-order chi connectivity index (χ1) is 8.13. The van der Waals surface area contributed by atoms with Gasteiger partial charge in [-0.1, -0.05) is 17.7 Å². The van der Waals surface area contributed by atoms with Crippen LogP contribution in [-0.2, 0) is 7.05 Å². The Labute approximate surface area is 106 Å². The summed E-state index contributed by atoms with van der Waals surface area (Å²) >= 11 is 5.98. The van der Waals surface area contributed by atoms with Crippen molar-refractivity contribution in [3.8, 4) is 0 Å². The minimum absolute atomic E-state index is 0.0901. The third-order valence-corrected chi connectivity index (χ3v) is 3.18. The van der Waals surface area contributed by atoms with Gasteiger partial charge in [0, 0.05) is 24.5 Å². The molecular weight excluding hydrogens is 234 g/mol. The zero-order chi connectivity index (χ0) is 12.4. The van der Waals surface area contributed by atoms with Gasteiger partial charge in [0.05, 0.1) is 6.04 Å². The molecule has 4 heteroatoms. The Balaban J connectivity index is 2.46. The maximum Gasteiger partial charge on any atom is 0.130 e. The van der Waals surface area contributed by atoms with Crippen LogP contribution in [-0.4, -0.2) is 16.6 Å². The normalized spacial score (nSPS) is 12.7. The molecule has 1 heterocycles. The Morgan fingerprint density at radius 3 is 2.71 bits per heavy atom. The molecule has 1 aromatic carbocycles. The van der Waals surface area contributed by atoms with Crippen LogP contribution in [0.25, 0.3) is 0 Å². The molecule has 1 unspecified atom stereocenters. The van der Waals surface area contributed by atoms with E-state index >= 15 is 0 Å². The first-order valence-corrected chi connectivity index (χ1v) is 5.92. The molecule has 3 nitrogen and oxygen atoms in total. The molecule has 0 aliphatic heterocycles. The second-order valence-corrected chi connectivity index (χ2v) is 4.56. The Morgan fingerprint density at radius 2 is 2.18 bits per heavy atom. The van der Waals surface area contributed by atoms with Gasteiger partial charge in [0.2, 0.25) is 0 Å². The quantitative estimate of drug-likeness (QED) is 0.907. The molecule has 17 heavy (non-hydrogen) atoms. The fourth-order valence-electron chi connectivity index (χ4n) is 2.04. The monoisotopic (exact) mass is 249 g/mol. The zero-order valence-corrected chi connectivity index (χ0v) is 11.0. The maximum atomic E-state index is 5.98. The smallest absolute Gasteiger partial charge is 0.130 e. The van der Waals surface area contributed by atoms with E-state index in [-0.39, 0.29) is 6.04 Å². The molecule has 0 saturated heterocycles. The second-order valence-electron chi connectivity index (χ2n) is 4.12. The van der Waals surface area contributed by atoms with E-state index in [1.807, 2.05) is 49.3 Å². The van der Waals surface area contributed by atoms with E-state index in [9.17, 15) is 0 Å². The lowest BCUT2D eigenvalue weighted by Gasteiger charge is -2.18. The molecule has 0 fully saturated rings. The van der Waals surface area contributed by atoms with Crippen molar-refractivity contribution in [3.63, 3.8) is 0 Å². The van der Waals surface area contributed by atoms with Crippen molar-refractivity contribution in [2.24, 2.45) is 7.05 Å². The van der Waals surface area contributed by atoms with Crippen molar-refractivity contribution in [3.05, 3.63) is 52.6 Å². The predicted octanol–water partition coefficient (Wildman–Crippen LogP) is 2.69. The largest absolute Gasteiger partial charge is 0.336 e. The van der Waals surface area contributed by atoms with Gasteiger partial charge < -0.3 is 9.88 Å². The van der Waals surface area contributed by atoms with Crippen LogP contribution >= 0.6 is 11.6 Å². The van der Waals surface area contributed by atoms with E-state index in [1.54, 1.807) is 0 Å². The van der Waals surface area contributed by atoms with Crippen LogP contribution in [0, 0.1) is 6.92 Å². The van der Waals surface area contributed by atoms with Gasteiger partial charge in [0.15, 0.2) is 0 Å². The van der Waals surface area contributed by atoms with E-state index in [0.29, 0.717) is 0 Å². The van der Waals surface area contributed by atoms with Crippen LogP contribution in [0.15, 0.2) is 30.6 Å². The number of nitrogens with zero attached hydrogens (tertiary/aromatic N) is 2. The highest BCUT2D eigenvalue weighted by Gasteiger charge is 2.17. The minimum atomic E-state index is 0.0901. The molecule has 0 bridgehead atoms. The zero-order valence-electron chi connectivity index (χ0n) is 10.2. The fraction of sp³-hybridized carbons (Fsp3) is 0.308. The summed E-state index contributed by atoms with van der Waals surface area (Å²) < 4.78 is 2.02.